The molecule has 1 aromatic carbocycles. The molecule has 108 valence electrons. The van der Waals surface area contributed by atoms with Gasteiger partial charge in [-0.05, 0) is 42.3 Å². The van der Waals surface area contributed by atoms with Crippen LogP contribution in [-0.2, 0) is 18.6 Å². The molecule has 1 aromatic heterocycles. The zero-order chi connectivity index (χ0) is 14.6. The predicted octanol–water partition coefficient (Wildman–Crippen LogP) is 4.34. The maximum absolute atomic E-state index is 5.91. The number of thiophene rings is 1. The average molecular weight is 289 g/mol. The molecule has 0 atom stereocenters. The minimum Gasteiger partial charge on any atom is -0.488 e. The maximum Gasteiger partial charge on any atom is 0.122 e. The van der Waals surface area contributed by atoms with Crippen molar-refractivity contribution < 1.29 is 4.74 Å². The smallest absolute Gasteiger partial charge is 0.122 e. The van der Waals surface area contributed by atoms with E-state index in [4.69, 9.17) is 4.74 Å². The highest BCUT2D eigenvalue weighted by Gasteiger charge is 2.13. The Morgan fingerprint density at radius 3 is 2.55 bits per heavy atom. The summed E-state index contributed by atoms with van der Waals surface area (Å²) in [6, 6.07) is 12.7. The highest BCUT2D eigenvalue weighted by Crippen LogP contribution is 2.26. The Balaban J connectivity index is 1.99. The van der Waals surface area contributed by atoms with Crippen LogP contribution < -0.4 is 10.1 Å². The summed E-state index contributed by atoms with van der Waals surface area (Å²) in [6.07, 6.45) is 0. The van der Waals surface area contributed by atoms with Crippen LogP contribution in [0.1, 0.15) is 36.1 Å². The van der Waals surface area contributed by atoms with Crippen molar-refractivity contribution in [2.75, 3.05) is 7.05 Å². The van der Waals surface area contributed by atoms with Gasteiger partial charge in [0.05, 0.1) is 0 Å². The molecule has 1 heterocycles. The molecule has 0 spiro atoms. The van der Waals surface area contributed by atoms with Gasteiger partial charge in [0.2, 0.25) is 0 Å². The number of hydrogen-bond donors (Lipinski definition) is 1. The second-order valence-electron chi connectivity index (χ2n) is 5.96. The van der Waals surface area contributed by atoms with E-state index in [0.29, 0.717) is 6.61 Å². The van der Waals surface area contributed by atoms with Crippen LogP contribution in [0.3, 0.4) is 0 Å². The fourth-order valence-corrected chi connectivity index (χ4v) is 2.92. The first-order valence-corrected chi connectivity index (χ1v) is 7.76. The van der Waals surface area contributed by atoms with Gasteiger partial charge in [0.15, 0.2) is 0 Å². The molecule has 20 heavy (non-hydrogen) atoms. The van der Waals surface area contributed by atoms with Gasteiger partial charge >= 0.3 is 0 Å². The van der Waals surface area contributed by atoms with E-state index in [-0.39, 0.29) is 5.41 Å². The zero-order valence-electron chi connectivity index (χ0n) is 12.7. The van der Waals surface area contributed by atoms with Crippen molar-refractivity contribution in [2.45, 2.75) is 39.3 Å². The first-order valence-electron chi connectivity index (χ1n) is 6.94. The van der Waals surface area contributed by atoms with Crippen LogP contribution in [0.2, 0.25) is 0 Å². The van der Waals surface area contributed by atoms with E-state index in [1.807, 2.05) is 13.1 Å². The van der Waals surface area contributed by atoms with Gasteiger partial charge in [-0.3, -0.25) is 0 Å². The van der Waals surface area contributed by atoms with Crippen molar-refractivity contribution in [2.24, 2.45) is 0 Å². The van der Waals surface area contributed by atoms with E-state index >= 15 is 0 Å². The quantitative estimate of drug-likeness (QED) is 0.884. The van der Waals surface area contributed by atoms with Crippen LogP contribution in [0, 0.1) is 0 Å². The van der Waals surface area contributed by atoms with Crippen LogP contribution in [-0.4, -0.2) is 7.05 Å². The molecule has 0 saturated heterocycles. The Labute approximate surface area is 125 Å². The van der Waals surface area contributed by atoms with Gasteiger partial charge in [-0.15, -0.1) is 11.3 Å². The van der Waals surface area contributed by atoms with Crippen molar-refractivity contribution in [3.63, 3.8) is 0 Å². The molecule has 0 unspecified atom stereocenters. The molecule has 2 rings (SSSR count). The molecule has 0 radical (unpaired) electrons. The Kier molecular flexibility index (Phi) is 4.84. The molecule has 0 amide bonds. The lowest BCUT2D eigenvalue weighted by atomic mass is 9.87. The molecule has 0 aliphatic heterocycles. The van der Waals surface area contributed by atoms with Gasteiger partial charge < -0.3 is 10.1 Å². The average Bonchev–Trinajstić information content (AvgIpc) is 2.84. The molecule has 1 N–H and O–H groups in total. The molecule has 3 heteroatoms. The maximum atomic E-state index is 5.91. The zero-order valence-corrected chi connectivity index (χ0v) is 13.5. The second-order valence-corrected chi connectivity index (χ2v) is 7.22. The fraction of sp³-hybridized carbons (Fsp3) is 0.412. The van der Waals surface area contributed by atoms with Gasteiger partial charge in [0.1, 0.15) is 12.4 Å². The highest BCUT2D eigenvalue weighted by molar-refractivity contribution is 7.11. The van der Waals surface area contributed by atoms with Gasteiger partial charge in [-0.25, -0.2) is 0 Å². The Bertz CT molecular complexity index is 554. The van der Waals surface area contributed by atoms with Crippen molar-refractivity contribution in [1.82, 2.24) is 5.32 Å². The first-order chi connectivity index (χ1) is 9.49. The van der Waals surface area contributed by atoms with Crippen LogP contribution in [0.15, 0.2) is 36.4 Å². The third-order valence-electron chi connectivity index (χ3n) is 3.15. The lowest BCUT2D eigenvalue weighted by Gasteiger charge is -2.19. The van der Waals surface area contributed by atoms with Gasteiger partial charge in [-0.2, -0.15) is 0 Å². The van der Waals surface area contributed by atoms with Crippen molar-refractivity contribution in [3.8, 4) is 5.75 Å². The van der Waals surface area contributed by atoms with E-state index in [2.05, 4.69) is 56.4 Å². The van der Waals surface area contributed by atoms with Crippen LogP contribution in [0.5, 0.6) is 5.75 Å². The minimum atomic E-state index is 0.155. The number of hydrogen-bond acceptors (Lipinski definition) is 3. The van der Waals surface area contributed by atoms with Gasteiger partial charge in [0.25, 0.3) is 0 Å². The standard InChI is InChI=1S/C17H23NOS/c1-17(2,3)13-6-5-7-14(10-13)19-12-16-9-8-15(20-16)11-18-4/h5-10,18H,11-12H2,1-4H3. The molecular weight excluding hydrogens is 266 g/mol. The van der Waals surface area contributed by atoms with E-state index in [0.717, 1.165) is 12.3 Å². The third kappa shape index (κ3) is 4.09. The highest BCUT2D eigenvalue weighted by atomic mass is 32.1. The predicted molar refractivity (Wildman–Crippen MR) is 86.6 cm³/mol. The molecule has 2 aromatic rings. The summed E-state index contributed by atoms with van der Waals surface area (Å²) in [7, 11) is 1.97. The monoisotopic (exact) mass is 289 g/mol. The van der Waals surface area contributed by atoms with E-state index in [9.17, 15) is 0 Å². The number of benzene rings is 1. The minimum absolute atomic E-state index is 0.155. The van der Waals surface area contributed by atoms with Crippen molar-refractivity contribution in [3.05, 3.63) is 51.7 Å². The van der Waals surface area contributed by atoms with Crippen molar-refractivity contribution in [1.29, 1.82) is 0 Å². The number of nitrogens with one attached hydrogen (secondary N) is 1. The second kappa shape index (κ2) is 6.42. The topological polar surface area (TPSA) is 21.3 Å². The summed E-state index contributed by atoms with van der Waals surface area (Å²) < 4.78 is 5.91. The Morgan fingerprint density at radius 1 is 1.10 bits per heavy atom. The van der Waals surface area contributed by atoms with Gasteiger partial charge in [-0.1, -0.05) is 32.9 Å². The van der Waals surface area contributed by atoms with Crippen LogP contribution >= 0.6 is 11.3 Å². The fourth-order valence-electron chi connectivity index (χ4n) is 1.98. The number of rotatable bonds is 5. The number of ether oxygens (including phenoxy) is 1. The largest absolute Gasteiger partial charge is 0.488 e. The molecule has 0 aliphatic rings. The Morgan fingerprint density at radius 2 is 1.85 bits per heavy atom. The van der Waals surface area contributed by atoms with E-state index < -0.39 is 0 Å². The summed E-state index contributed by atoms with van der Waals surface area (Å²) in [4.78, 5) is 2.60. The van der Waals surface area contributed by atoms with Crippen molar-refractivity contribution >= 4 is 11.3 Å². The van der Waals surface area contributed by atoms with Crippen LogP contribution in [0.25, 0.3) is 0 Å². The van der Waals surface area contributed by atoms with E-state index in [1.165, 1.54) is 15.3 Å². The summed E-state index contributed by atoms with van der Waals surface area (Å²) in [5, 5.41) is 3.16. The lowest BCUT2D eigenvalue weighted by Crippen LogP contribution is -2.10. The summed E-state index contributed by atoms with van der Waals surface area (Å²) in [5.41, 5.74) is 1.46. The Hall–Kier alpha value is -1.32. The third-order valence-corrected chi connectivity index (χ3v) is 4.21. The normalized spacial score (nSPS) is 11.6. The van der Waals surface area contributed by atoms with Gasteiger partial charge in [0, 0.05) is 16.3 Å². The van der Waals surface area contributed by atoms with E-state index in [1.54, 1.807) is 11.3 Å². The molecule has 0 saturated carbocycles. The van der Waals surface area contributed by atoms with Crippen LogP contribution in [0.4, 0.5) is 0 Å². The summed E-state index contributed by atoms with van der Waals surface area (Å²) in [6.45, 7) is 8.21. The molecule has 2 nitrogen and oxygen atoms in total. The molecule has 0 bridgehead atoms. The SMILES string of the molecule is CNCc1ccc(COc2cccc(C(C)(C)C)c2)s1. The molecule has 0 aliphatic carbocycles. The summed E-state index contributed by atoms with van der Waals surface area (Å²) in [5.74, 6) is 0.945. The molecule has 0 fully saturated rings. The molecular formula is C17H23NOS. The summed E-state index contributed by atoms with van der Waals surface area (Å²) >= 11 is 1.80. The first kappa shape index (κ1) is 15.1. The lowest BCUT2D eigenvalue weighted by molar-refractivity contribution is 0.309.